The summed E-state index contributed by atoms with van der Waals surface area (Å²) in [4.78, 5) is 0. The number of nitrogens with one attached hydrogen (secondary N) is 1. The van der Waals surface area contributed by atoms with Gasteiger partial charge in [-0.1, -0.05) is 53.4 Å². The first-order valence-electron chi connectivity index (χ1n) is 6.51. The Bertz CT molecular complexity index is 434. The van der Waals surface area contributed by atoms with Crippen molar-refractivity contribution in [2.75, 3.05) is 6.54 Å². The van der Waals surface area contributed by atoms with E-state index in [2.05, 4.69) is 18.3 Å². The molecule has 1 aromatic carbocycles. The summed E-state index contributed by atoms with van der Waals surface area (Å²) >= 11 is 12.2. The normalized spacial score (nSPS) is 21.1. The van der Waals surface area contributed by atoms with Crippen LogP contribution in [0.5, 0.6) is 0 Å². The van der Waals surface area contributed by atoms with Crippen LogP contribution in [-0.2, 0) is 0 Å². The topological polar surface area (TPSA) is 12.0 Å². The van der Waals surface area contributed by atoms with E-state index in [0.29, 0.717) is 16.1 Å². The standard InChI is InChI=1S/C15H19Cl2N/c1-11(10-13-6-2-3-8-18-13)9-12-5-4-7-14(16)15(12)17/h4-5,7,9,13,18H,2-3,6,8,10H2,1H3/b11-9-. The van der Waals surface area contributed by atoms with Crippen molar-refractivity contribution in [3.8, 4) is 0 Å². The van der Waals surface area contributed by atoms with E-state index in [1.165, 1.54) is 24.8 Å². The average molecular weight is 284 g/mol. The quantitative estimate of drug-likeness (QED) is 0.830. The van der Waals surface area contributed by atoms with Crippen molar-refractivity contribution in [3.05, 3.63) is 39.4 Å². The zero-order valence-corrected chi connectivity index (χ0v) is 12.2. The van der Waals surface area contributed by atoms with Crippen molar-refractivity contribution < 1.29 is 0 Å². The molecule has 1 aliphatic heterocycles. The maximum Gasteiger partial charge on any atom is 0.0664 e. The summed E-state index contributed by atoms with van der Waals surface area (Å²) in [6.07, 6.45) is 7.14. The van der Waals surface area contributed by atoms with Crippen LogP contribution in [0.1, 0.15) is 38.2 Å². The molecule has 1 aromatic rings. The molecule has 1 aliphatic rings. The molecule has 1 heterocycles. The molecular weight excluding hydrogens is 265 g/mol. The van der Waals surface area contributed by atoms with Gasteiger partial charge in [-0.25, -0.2) is 0 Å². The number of hydrogen-bond donors (Lipinski definition) is 1. The minimum Gasteiger partial charge on any atom is -0.314 e. The number of hydrogen-bond acceptors (Lipinski definition) is 1. The molecule has 1 unspecified atom stereocenters. The van der Waals surface area contributed by atoms with E-state index in [9.17, 15) is 0 Å². The van der Waals surface area contributed by atoms with E-state index in [0.717, 1.165) is 18.5 Å². The monoisotopic (exact) mass is 283 g/mol. The van der Waals surface area contributed by atoms with Gasteiger partial charge in [0.15, 0.2) is 0 Å². The third kappa shape index (κ3) is 3.74. The molecule has 0 radical (unpaired) electrons. The van der Waals surface area contributed by atoms with Crippen molar-refractivity contribution in [3.63, 3.8) is 0 Å². The number of halogens is 2. The fourth-order valence-corrected chi connectivity index (χ4v) is 2.81. The van der Waals surface area contributed by atoms with E-state index < -0.39 is 0 Å². The lowest BCUT2D eigenvalue weighted by atomic mass is 9.97. The van der Waals surface area contributed by atoms with Crippen LogP contribution in [0.4, 0.5) is 0 Å². The van der Waals surface area contributed by atoms with Crippen LogP contribution < -0.4 is 5.32 Å². The summed E-state index contributed by atoms with van der Waals surface area (Å²) in [6, 6.07) is 6.38. The predicted molar refractivity (Wildman–Crippen MR) is 80.4 cm³/mol. The molecule has 0 aliphatic carbocycles. The van der Waals surface area contributed by atoms with Crippen LogP contribution in [0.2, 0.25) is 10.0 Å². The Morgan fingerprint density at radius 1 is 1.39 bits per heavy atom. The highest BCUT2D eigenvalue weighted by atomic mass is 35.5. The van der Waals surface area contributed by atoms with Crippen molar-refractivity contribution in [2.45, 2.75) is 38.6 Å². The molecule has 3 heteroatoms. The molecule has 0 bridgehead atoms. The highest BCUT2D eigenvalue weighted by molar-refractivity contribution is 6.42. The summed E-state index contributed by atoms with van der Waals surface area (Å²) in [6.45, 7) is 3.31. The molecule has 1 atom stereocenters. The number of piperidine rings is 1. The first kappa shape index (κ1) is 13.9. The molecule has 18 heavy (non-hydrogen) atoms. The Labute approximate surface area is 119 Å². The molecule has 1 fully saturated rings. The Morgan fingerprint density at radius 3 is 2.94 bits per heavy atom. The largest absolute Gasteiger partial charge is 0.314 e. The summed E-state index contributed by atoms with van der Waals surface area (Å²) in [7, 11) is 0. The van der Waals surface area contributed by atoms with Crippen LogP contribution in [0, 0.1) is 0 Å². The highest BCUT2D eigenvalue weighted by Gasteiger charge is 2.12. The summed E-state index contributed by atoms with van der Waals surface area (Å²) in [5.74, 6) is 0. The van der Waals surface area contributed by atoms with E-state index in [-0.39, 0.29) is 0 Å². The van der Waals surface area contributed by atoms with E-state index >= 15 is 0 Å². The molecule has 1 N–H and O–H groups in total. The van der Waals surface area contributed by atoms with Crippen LogP contribution in [0.25, 0.3) is 6.08 Å². The molecule has 0 amide bonds. The second-order valence-corrected chi connectivity index (χ2v) is 5.77. The lowest BCUT2D eigenvalue weighted by Crippen LogP contribution is -2.33. The molecule has 2 rings (SSSR count). The molecule has 1 nitrogen and oxygen atoms in total. The van der Waals surface area contributed by atoms with E-state index in [4.69, 9.17) is 23.2 Å². The highest BCUT2D eigenvalue weighted by Crippen LogP contribution is 2.28. The van der Waals surface area contributed by atoms with Crippen molar-refractivity contribution in [1.82, 2.24) is 5.32 Å². The van der Waals surface area contributed by atoms with Gasteiger partial charge < -0.3 is 5.32 Å². The number of benzene rings is 1. The molecule has 98 valence electrons. The van der Waals surface area contributed by atoms with Crippen LogP contribution in [0.15, 0.2) is 23.8 Å². The minimum atomic E-state index is 0.618. The van der Waals surface area contributed by atoms with Crippen molar-refractivity contribution in [2.24, 2.45) is 0 Å². The Balaban J connectivity index is 2.05. The predicted octanol–water partition coefficient (Wildman–Crippen LogP) is 4.93. The molecule has 0 spiro atoms. The molecule has 0 saturated carbocycles. The van der Waals surface area contributed by atoms with E-state index in [1.807, 2.05) is 18.2 Å². The maximum atomic E-state index is 6.19. The van der Waals surface area contributed by atoms with Gasteiger partial charge in [-0.3, -0.25) is 0 Å². The van der Waals surface area contributed by atoms with Gasteiger partial charge in [-0.15, -0.1) is 0 Å². The van der Waals surface area contributed by atoms with Gasteiger partial charge in [0, 0.05) is 6.04 Å². The second kappa shape index (κ2) is 6.60. The first-order chi connectivity index (χ1) is 8.66. The Morgan fingerprint density at radius 2 is 2.22 bits per heavy atom. The smallest absolute Gasteiger partial charge is 0.0664 e. The maximum absolute atomic E-state index is 6.19. The Kier molecular flexibility index (Phi) is 5.11. The first-order valence-corrected chi connectivity index (χ1v) is 7.27. The van der Waals surface area contributed by atoms with Gasteiger partial charge in [0.2, 0.25) is 0 Å². The van der Waals surface area contributed by atoms with Gasteiger partial charge in [-0.05, 0) is 44.4 Å². The third-order valence-corrected chi connectivity index (χ3v) is 4.20. The van der Waals surface area contributed by atoms with Gasteiger partial charge >= 0.3 is 0 Å². The lowest BCUT2D eigenvalue weighted by Gasteiger charge is -2.23. The van der Waals surface area contributed by atoms with Crippen LogP contribution in [0.3, 0.4) is 0 Å². The van der Waals surface area contributed by atoms with Crippen LogP contribution >= 0.6 is 23.2 Å². The molecule has 0 aromatic heterocycles. The molecule has 1 saturated heterocycles. The fraction of sp³-hybridized carbons (Fsp3) is 0.467. The summed E-state index contributed by atoms with van der Waals surface area (Å²) in [5.41, 5.74) is 2.36. The van der Waals surface area contributed by atoms with Crippen molar-refractivity contribution in [1.29, 1.82) is 0 Å². The minimum absolute atomic E-state index is 0.618. The summed E-state index contributed by atoms with van der Waals surface area (Å²) in [5, 5.41) is 4.83. The lowest BCUT2D eigenvalue weighted by molar-refractivity contribution is 0.399. The van der Waals surface area contributed by atoms with Gasteiger partial charge in [0.05, 0.1) is 10.0 Å². The van der Waals surface area contributed by atoms with Crippen LogP contribution in [-0.4, -0.2) is 12.6 Å². The average Bonchev–Trinajstić information content (AvgIpc) is 2.36. The van der Waals surface area contributed by atoms with E-state index in [1.54, 1.807) is 0 Å². The zero-order valence-electron chi connectivity index (χ0n) is 10.7. The molecular formula is C15H19Cl2N. The van der Waals surface area contributed by atoms with Gasteiger partial charge in [0.1, 0.15) is 0 Å². The van der Waals surface area contributed by atoms with Crippen molar-refractivity contribution >= 4 is 29.3 Å². The summed E-state index contributed by atoms with van der Waals surface area (Å²) < 4.78 is 0. The van der Waals surface area contributed by atoms with Gasteiger partial charge in [-0.2, -0.15) is 0 Å². The fourth-order valence-electron chi connectivity index (χ4n) is 2.44. The Hall–Kier alpha value is -0.500. The van der Waals surface area contributed by atoms with Gasteiger partial charge in [0.25, 0.3) is 0 Å². The third-order valence-electron chi connectivity index (χ3n) is 3.36. The number of rotatable bonds is 3. The zero-order chi connectivity index (χ0) is 13.0. The second-order valence-electron chi connectivity index (χ2n) is 4.98. The SMILES string of the molecule is C/C(=C/c1cccc(Cl)c1Cl)CC1CCCCN1.